The van der Waals surface area contributed by atoms with E-state index in [2.05, 4.69) is 52.0 Å². The Balaban J connectivity index is 2.43. The van der Waals surface area contributed by atoms with Crippen LogP contribution in [0.15, 0.2) is 24.3 Å². The van der Waals surface area contributed by atoms with Gasteiger partial charge in [-0.25, -0.2) is 0 Å². The van der Waals surface area contributed by atoms with Gasteiger partial charge in [-0.05, 0) is 49.1 Å². The molecule has 1 aromatic carbocycles. The maximum Gasteiger partial charge on any atom is 0.00677 e. The minimum atomic E-state index is 0.331. The Hall–Kier alpha value is -0.820. The Morgan fingerprint density at radius 1 is 1.12 bits per heavy atom. The van der Waals surface area contributed by atoms with Crippen LogP contribution in [-0.2, 0) is 6.42 Å². The Morgan fingerprint density at radius 3 is 2.35 bits per heavy atom. The van der Waals surface area contributed by atoms with Crippen LogP contribution < -0.4 is 5.73 Å². The van der Waals surface area contributed by atoms with Crippen LogP contribution in [0, 0.1) is 18.8 Å². The van der Waals surface area contributed by atoms with Crippen LogP contribution in [0.25, 0.3) is 0 Å². The quantitative estimate of drug-likeness (QED) is 0.791. The van der Waals surface area contributed by atoms with Gasteiger partial charge in [-0.3, -0.25) is 0 Å². The van der Waals surface area contributed by atoms with Gasteiger partial charge in [0, 0.05) is 6.04 Å². The van der Waals surface area contributed by atoms with Gasteiger partial charge < -0.3 is 5.73 Å². The summed E-state index contributed by atoms with van der Waals surface area (Å²) in [5.41, 5.74) is 9.09. The van der Waals surface area contributed by atoms with Crippen LogP contribution in [0.3, 0.4) is 0 Å². The van der Waals surface area contributed by atoms with E-state index in [4.69, 9.17) is 5.73 Å². The molecule has 1 nitrogen and oxygen atoms in total. The SMILES string of the molecule is Cc1ccccc1CCC(N)C(C)CC(C)C. The fourth-order valence-corrected chi connectivity index (χ4v) is 2.42. The van der Waals surface area contributed by atoms with Crippen LogP contribution in [-0.4, -0.2) is 6.04 Å². The fourth-order valence-electron chi connectivity index (χ4n) is 2.42. The van der Waals surface area contributed by atoms with Gasteiger partial charge in [0.1, 0.15) is 0 Å². The van der Waals surface area contributed by atoms with E-state index in [1.165, 1.54) is 17.5 Å². The molecule has 0 aliphatic heterocycles. The molecule has 2 N–H and O–H groups in total. The molecule has 0 saturated heterocycles. The first kappa shape index (κ1) is 14.2. The van der Waals surface area contributed by atoms with Gasteiger partial charge in [-0.15, -0.1) is 0 Å². The first-order valence-corrected chi connectivity index (χ1v) is 6.80. The molecule has 0 bridgehead atoms. The van der Waals surface area contributed by atoms with Crippen molar-refractivity contribution in [1.82, 2.24) is 0 Å². The first-order chi connectivity index (χ1) is 8.00. The highest BCUT2D eigenvalue weighted by Crippen LogP contribution is 2.18. The van der Waals surface area contributed by atoms with Crippen molar-refractivity contribution in [3.8, 4) is 0 Å². The molecule has 0 amide bonds. The molecule has 2 unspecified atom stereocenters. The third-order valence-corrected chi connectivity index (χ3v) is 3.58. The number of rotatable bonds is 6. The highest BCUT2D eigenvalue weighted by molar-refractivity contribution is 5.25. The van der Waals surface area contributed by atoms with E-state index in [1.807, 2.05) is 0 Å². The molecule has 96 valence electrons. The summed E-state index contributed by atoms with van der Waals surface area (Å²) in [7, 11) is 0. The Labute approximate surface area is 106 Å². The molecule has 0 aliphatic rings. The normalized spacial score (nSPS) is 14.9. The summed E-state index contributed by atoms with van der Waals surface area (Å²) in [5, 5.41) is 0. The summed E-state index contributed by atoms with van der Waals surface area (Å²) in [5.74, 6) is 1.37. The predicted octanol–water partition coefficient (Wildman–Crippen LogP) is 3.94. The number of hydrogen-bond donors (Lipinski definition) is 1. The standard InChI is InChI=1S/C16H27N/c1-12(2)11-14(4)16(17)10-9-15-8-6-5-7-13(15)3/h5-8,12,14,16H,9-11,17H2,1-4H3. The molecule has 2 atom stereocenters. The van der Waals surface area contributed by atoms with Crippen molar-refractivity contribution in [2.45, 2.75) is 53.0 Å². The van der Waals surface area contributed by atoms with Crippen molar-refractivity contribution in [2.75, 3.05) is 0 Å². The van der Waals surface area contributed by atoms with Gasteiger partial charge in [-0.2, -0.15) is 0 Å². The molecule has 1 heteroatoms. The van der Waals surface area contributed by atoms with E-state index >= 15 is 0 Å². The number of benzene rings is 1. The second-order valence-electron chi connectivity index (χ2n) is 5.74. The second-order valence-corrected chi connectivity index (χ2v) is 5.74. The molecule has 0 aliphatic carbocycles. The first-order valence-electron chi connectivity index (χ1n) is 6.80. The molecule has 0 fully saturated rings. The van der Waals surface area contributed by atoms with Gasteiger partial charge in [0.25, 0.3) is 0 Å². The van der Waals surface area contributed by atoms with Crippen molar-refractivity contribution in [2.24, 2.45) is 17.6 Å². The fraction of sp³-hybridized carbons (Fsp3) is 0.625. The van der Waals surface area contributed by atoms with Gasteiger partial charge in [-0.1, -0.05) is 45.0 Å². The monoisotopic (exact) mass is 233 g/mol. The summed E-state index contributed by atoms with van der Waals surface area (Å²) >= 11 is 0. The van der Waals surface area contributed by atoms with Crippen LogP contribution in [0.2, 0.25) is 0 Å². The molecule has 0 spiro atoms. The zero-order chi connectivity index (χ0) is 12.8. The average molecular weight is 233 g/mol. The number of nitrogens with two attached hydrogens (primary N) is 1. The predicted molar refractivity (Wildman–Crippen MR) is 76.1 cm³/mol. The van der Waals surface area contributed by atoms with E-state index < -0.39 is 0 Å². The zero-order valence-electron chi connectivity index (χ0n) is 11.7. The molecular weight excluding hydrogens is 206 g/mol. The summed E-state index contributed by atoms with van der Waals surface area (Å²) in [6.45, 7) is 9.00. The van der Waals surface area contributed by atoms with Crippen LogP contribution >= 0.6 is 0 Å². The molecule has 1 aromatic rings. The number of hydrogen-bond acceptors (Lipinski definition) is 1. The zero-order valence-corrected chi connectivity index (χ0v) is 11.7. The van der Waals surface area contributed by atoms with Crippen molar-refractivity contribution in [3.05, 3.63) is 35.4 Å². The van der Waals surface area contributed by atoms with Gasteiger partial charge in [0.15, 0.2) is 0 Å². The van der Waals surface area contributed by atoms with Crippen molar-refractivity contribution < 1.29 is 0 Å². The lowest BCUT2D eigenvalue weighted by Gasteiger charge is -2.21. The summed E-state index contributed by atoms with van der Waals surface area (Å²) in [6.07, 6.45) is 3.43. The molecule has 0 radical (unpaired) electrons. The van der Waals surface area contributed by atoms with E-state index in [-0.39, 0.29) is 0 Å². The molecule has 0 aromatic heterocycles. The lowest BCUT2D eigenvalue weighted by atomic mass is 9.89. The topological polar surface area (TPSA) is 26.0 Å². The van der Waals surface area contributed by atoms with E-state index in [0.717, 1.165) is 18.8 Å². The van der Waals surface area contributed by atoms with Crippen molar-refractivity contribution in [1.29, 1.82) is 0 Å². The summed E-state index contributed by atoms with van der Waals surface area (Å²) in [6, 6.07) is 8.94. The minimum Gasteiger partial charge on any atom is -0.327 e. The lowest BCUT2D eigenvalue weighted by Crippen LogP contribution is -2.29. The smallest absolute Gasteiger partial charge is 0.00677 e. The number of aryl methyl sites for hydroxylation is 2. The Kier molecular flexibility index (Phi) is 5.70. The summed E-state index contributed by atoms with van der Waals surface area (Å²) < 4.78 is 0. The van der Waals surface area contributed by atoms with Crippen LogP contribution in [0.1, 0.15) is 44.7 Å². The second kappa shape index (κ2) is 6.80. The average Bonchev–Trinajstić information content (AvgIpc) is 2.26. The molecular formula is C16H27N. The lowest BCUT2D eigenvalue weighted by molar-refractivity contribution is 0.358. The maximum absolute atomic E-state index is 6.26. The maximum atomic E-state index is 6.26. The molecule has 0 saturated carbocycles. The Bertz CT molecular complexity index is 330. The van der Waals surface area contributed by atoms with Crippen LogP contribution in [0.4, 0.5) is 0 Å². The van der Waals surface area contributed by atoms with Crippen LogP contribution in [0.5, 0.6) is 0 Å². The Morgan fingerprint density at radius 2 is 1.76 bits per heavy atom. The third kappa shape index (κ3) is 4.91. The molecule has 17 heavy (non-hydrogen) atoms. The minimum absolute atomic E-state index is 0.331. The molecule has 1 rings (SSSR count). The largest absolute Gasteiger partial charge is 0.327 e. The summed E-state index contributed by atoms with van der Waals surface area (Å²) in [4.78, 5) is 0. The van der Waals surface area contributed by atoms with Gasteiger partial charge in [0.05, 0.1) is 0 Å². The van der Waals surface area contributed by atoms with Crippen molar-refractivity contribution >= 4 is 0 Å². The molecule has 0 heterocycles. The van der Waals surface area contributed by atoms with E-state index in [0.29, 0.717) is 12.0 Å². The highest BCUT2D eigenvalue weighted by Gasteiger charge is 2.14. The van der Waals surface area contributed by atoms with E-state index in [9.17, 15) is 0 Å². The third-order valence-electron chi connectivity index (χ3n) is 3.58. The highest BCUT2D eigenvalue weighted by atomic mass is 14.6. The van der Waals surface area contributed by atoms with E-state index in [1.54, 1.807) is 0 Å². The van der Waals surface area contributed by atoms with Crippen molar-refractivity contribution in [3.63, 3.8) is 0 Å². The van der Waals surface area contributed by atoms with Gasteiger partial charge >= 0.3 is 0 Å². The van der Waals surface area contributed by atoms with Gasteiger partial charge in [0.2, 0.25) is 0 Å².